The third-order valence-electron chi connectivity index (χ3n) is 2.27. The second-order valence-corrected chi connectivity index (χ2v) is 4.37. The van der Waals surface area contributed by atoms with Gasteiger partial charge in [-0.1, -0.05) is 26.0 Å². The highest BCUT2D eigenvalue weighted by molar-refractivity contribution is 5.67. The monoisotopic (exact) mass is 221 g/mol. The number of hydrogen-bond donors (Lipinski definition) is 2. The van der Waals surface area contributed by atoms with Crippen LogP contribution in [0.4, 0.5) is 5.69 Å². The first-order chi connectivity index (χ1) is 7.58. The fourth-order valence-electron chi connectivity index (χ4n) is 1.41. The van der Waals surface area contributed by atoms with Gasteiger partial charge >= 0.3 is 5.97 Å². The van der Waals surface area contributed by atoms with E-state index >= 15 is 0 Å². The van der Waals surface area contributed by atoms with Gasteiger partial charge in [0.1, 0.15) is 0 Å². The summed E-state index contributed by atoms with van der Waals surface area (Å²) in [5, 5.41) is 11.9. The molecular weight excluding hydrogens is 202 g/mol. The van der Waals surface area contributed by atoms with E-state index in [4.69, 9.17) is 5.11 Å². The van der Waals surface area contributed by atoms with Gasteiger partial charge < -0.3 is 10.4 Å². The minimum absolute atomic E-state index is 0.188. The molecule has 0 fully saturated rings. The number of carbonyl (C=O) groups is 1. The number of aliphatic carboxylic acids is 1. The third kappa shape index (κ3) is 4.82. The SMILES string of the molecule is CC(C)CNc1cccc(CCC(=O)O)c1. The van der Waals surface area contributed by atoms with Crippen LogP contribution in [0.2, 0.25) is 0 Å². The molecule has 1 aromatic carbocycles. The van der Waals surface area contributed by atoms with Crippen LogP contribution in [0.3, 0.4) is 0 Å². The lowest BCUT2D eigenvalue weighted by atomic mass is 10.1. The maximum Gasteiger partial charge on any atom is 0.303 e. The van der Waals surface area contributed by atoms with Crippen LogP contribution in [-0.4, -0.2) is 17.6 Å². The molecule has 3 heteroatoms. The van der Waals surface area contributed by atoms with Gasteiger partial charge in [-0.25, -0.2) is 0 Å². The Morgan fingerprint density at radius 3 is 2.81 bits per heavy atom. The molecule has 0 saturated heterocycles. The van der Waals surface area contributed by atoms with E-state index in [1.54, 1.807) is 0 Å². The van der Waals surface area contributed by atoms with Crippen molar-refractivity contribution in [2.75, 3.05) is 11.9 Å². The van der Waals surface area contributed by atoms with Crippen LogP contribution >= 0.6 is 0 Å². The zero-order valence-electron chi connectivity index (χ0n) is 9.86. The zero-order chi connectivity index (χ0) is 12.0. The van der Waals surface area contributed by atoms with Crippen molar-refractivity contribution < 1.29 is 9.90 Å². The van der Waals surface area contributed by atoms with Gasteiger partial charge in [0.2, 0.25) is 0 Å². The third-order valence-corrected chi connectivity index (χ3v) is 2.27. The van der Waals surface area contributed by atoms with Crippen LogP contribution in [0.1, 0.15) is 25.8 Å². The average molecular weight is 221 g/mol. The van der Waals surface area contributed by atoms with Gasteiger partial charge in [0.15, 0.2) is 0 Å². The van der Waals surface area contributed by atoms with Crippen LogP contribution < -0.4 is 5.32 Å². The molecule has 16 heavy (non-hydrogen) atoms. The van der Waals surface area contributed by atoms with E-state index in [2.05, 4.69) is 19.2 Å². The summed E-state index contributed by atoms with van der Waals surface area (Å²) in [5.74, 6) is -0.150. The zero-order valence-corrected chi connectivity index (χ0v) is 9.86. The summed E-state index contributed by atoms with van der Waals surface area (Å²) in [7, 11) is 0. The van der Waals surface area contributed by atoms with Crippen LogP contribution in [0.5, 0.6) is 0 Å². The summed E-state index contributed by atoms with van der Waals surface area (Å²) in [6.45, 7) is 5.24. The highest BCUT2D eigenvalue weighted by atomic mass is 16.4. The molecule has 0 radical (unpaired) electrons. The average Bonchev–Trinajstić information content (AvgIpc) is 2.24. The number of nitrogens with one attached hydrogen (secondary N) is 1. The van der Waals surface area contributed by atoms with Crippen molar-refractivity contribution in [2.45, 2.75) is 26.7 Å². The maximum absolute atomic E-state index is 10.5. The van der Waals surface area contributed by atoms with Crippen molar-refractivity contribution in [1.82, 2.24) is 0 Å². The molecule has 0 unspecified atom stereocenters. The Labute approximate surface area is 96.5 Å². The smallest absolute Gasteiger partial charge is 0.303 e. The number of aryl methyl sites for hydroxylation is 1. The molecule has 1 rings (SSSR count). The topological polar surface area (TPSA) is 49.3 Å². The van der Waals surface area contributed by atoms with Crippen molar-refractivity contribution in [3.8, 4) is 0 Å². The molecular formula is C13H19NO2. The fourth-order valence-corrected chi connectivity index (χ4v) is 1.41. The van der Waals surface area contributed by atoms with E-state index in [1.165, 1.54) is 0 Å². The molecule has 0 spiro atoms. The van der Waals surface area contributed by atoms with Crippen molar-refractivity contribution in [3.05, 3.63) is 29.8 Å². The molecule has 0 heterocycles. The standard InChI is InChI=1S/C13H19NO2/c1-10(2)9-14-12-5-3-4-11(8-12)6-7-13(15)16/h3-5,8,10,14H,6-7,9H2,1-2H3,(H,15,16). The fraction of sp³-hybridized carbons (Fsp3) is 0.462. The lowest BCUT2D eigenvalue weighted by molar-refractivity contribution is -0.136. The van der Waals surface area contributed by atoms with E-state index < -0.39 is 5.97 Å². The first kappa shape index (κ1) is 12.6. The second-order valence-electron chi connectivity index (χ2n) is 4.37. The summed E-state index contributed by atoms with van der Waals surface area (Å²) < 4.78 is 0. The molecule has 0 aliphatic rings. The Balaban J connectivity index is 2.53. The van der Waals surface area contributed by atoms with E-state index in [0.717, 1.165) is 17.8 Å². The van der Waals surface area contributed by atoms with Crippen LogP contribution in [0.25, 0.3) is 0 Å². The van der Waals surface area contributed by atoms with Gasteiger partial charge in [0.25, 0.3) is 0 Å². The molecule has 0 aliphatic heterocycles. The van der Waals surface area contributed by atoms with E-state index in [-0.39, 0.29) is 6.42 Å². The molecule has 2 N–H and O–H groups in total. The Morgan fingerprint density at radius 2 is 2.19 bits per heavy atom. The molecule has 0 atom stereocenters. The van der Waals surface area contributed by atoms with Crippen molar-refractivity contribution >= 4 is 11.7 Å². The van der Waals surface area contributed by atoms with Gasteiger partial charge in [-0.05, 0) is 30.0 Å². The van der Waals surface area contributed by atoms with Gasteiger partial charge in [-0.3, -0.25) is 4.79 Å². The molecule has 0 aliphatic carbocycles. The Hall–Kier alpha value is -1.51. The first-order valence-corrected chi connectivity index (χ1v) is 5.62. The van der Waals surface area contributed by atoms with E-state index in [1.807, 2.05) is 24.3 Å². The van der Waals surface area contributed by atoms with E-state index in [9.17, 15) is 4.79 Å². The minimum Gasteiger partial charge on any atom is -0.481 e. The van der Waals surface area contributed by atoms with Crippen molar-refractivity contribution in [2.24, 2.45) is 5.92 Å². The molecule has 3 nitrogen and oxygen atoms in total. The largest absolute Gasteiger partial charge is 0.481 e. The number of carboxylic acid groups (broad SMARTS) is 1. The first-order valence-electron chi connectivity index (χ1n) is 5.62. The van der Waals surface area contributed by atoms with Gasteiger partial charge in [0.05, 0.1) is 0 Å². The highest BCUT2D eigenvalue weighted by Crippen LogP contribution is 2.12. The number of rotatable bonds is 6. The summed E-state index contributed by atoms with van der Waals surface area (Å²) in [6.07, 6.45) is 0.778. The Kier molecular flexibility index (Phi) is 4.83. The molecule has 88 valence electrons. The van der Waals surface area contributed by atoms with Crippen LogP contribution in [0, 0.1) is 5.92 Å². The van der Waals surface area contributed by atoms with Gasteiger partial charge in [-0.2, -0.15) is 0 Å². The van der Waals surface area contributed by atoms with Gasteiger partial charge in [0, 0.05) is 18.7 Å². The highest BCUT2D eigenvalue weighted by Gasteiger charge is 2.00. The number of carboxylic acids is 1. The predicted octanol–water partition coefficient (Wildman–Crippen LogP) is 2.77. The Bertz CT molecular complexity index is 348. The molecule has 0 aromatic heterocycles. The van der Waals surface area contributed by atoms with Gasteiger partial charge in [-0.15, -0.1) is 0 Å². The van der Waals surface area contributed by atoms with Crippen molar-refractivity contribution in [1.29, 1.82) is 0 Å². The molecule has 1 aromatic rings. The number of hydrogen-bond acceptors (Lipinski definition) is 2. The maximum atomic E-state index is 10.5. The summed E-state index contributed by atoms with van der Waals surface area (Å²) in [4.78, 5) is 10.5. The second kappa shape index (κ2) is 6.16. The van der Waals surface area contributed by atoms with E-state index in [0.29, 0.717) is 12.3 Å². The number of anilines is 1. The lowest BCUT2D eigenvalue weighted by Gasteiger charge is -2.10. The molecule has 0 bridgehead atoms. The minimum atomic E-state index is -0.749. The molecule has 0 amide bonds. The molecule has 0 saturated carbocycles. The summed E-state index contributed by atoms with van der Waals surface area (Å²) in [5.41, 5.74) is 2.13. The summed E-state index contributed by atoms with van der Waals surface area (Å²) in [6, 6.07) is 7.95. The van der Waals surface area contributed by atoms with Crippen LogP contribution in [-0.2, 0) is 11.2 Å². The normalized spacial score (nSPS) is 10.4. The van der Waals surface area contributed by atoms with Crippen molar-refractivity contribution in [3.63, 3.8) is 0 Å². The quantitative estimate of drug-likeness (QED) is 0.776. The lowest BCUT2D eigenvalue weighted by Crippen LogP contribution is -2.08. The Morgan fingerprint density at radius 1 is 1.44 bits per heavy atom. The number of benzene rings is 1. The predicted molar refractivity (Wildman–Crippen MR) is 65.7 cm³/mol. The van der Waals surface area contributed by atoms with Crippen LogP contribution in [0.15, 0.2) is 24.3 Å². The summed E-state index contributed by atoms with van der Waals surface area (Å²) >= 11 is 0.